The van der Waals surface area contributed by atoms with Crippen molar-refractivity contribution in [1.29, 1.82) is 0 Å². The summed E-state index contributed by atoms with van der Waals surface area (Å²) in [5.74, 6) is 0.223. The lowest BCUT2D eigenvalue weighted by Gasteiger charge is -2.06. The van der Waals surface area contributed by atoms with Gasteiger partial charge in [-0.05, 0) is 25.1 Å². The van der Waals surface area contributed by atoms with Crippen molar-refractivity contribution in [2.24, 2.45) is 4.99 Å². The molecule has 20 heavy (non-hydrogen) atoms. The summed E-state index contributed by atoms with van der Waals surface area (Å²) in [7, 11) is 0. The van der Waals surface area contributed by atoms with Crippen LogP contribution in [-0.4, -0.2) is 22.6 Å². The van der Waals surface area contributed by atoms with E-state index < -0.39 is 6.03 Å². The number of carbonyl (C=O) groups is 1. The number of nitrogens with zero attached hydrogens (tertiary/aromatic N) is 2. The summed E-state index contributed by atoms with van der Waals surface area (Å²) in [5, 5.41) is 12.5. The van der Waals surface area contributed by atoms with Crippen molar-refractivity contribution in [3.8, 4) is 5.88 Å². The SMILES string of the molecule is CCOc1c/c(=N/C(=O)Nc2ccccc2)ccn1O. The number of hydrogen-bond donors (Lipinski definition) is 2. The number of urea groups is 1. The first-order valence-corrected chi connectivity index (χ1v) is 6.14. The number of anilines is 1. The summed E-state index contributed by atoms with van der Waals surface area (Å²) in [6.07, 6.45) is 1.36. The van der Waals surface area contributed by atoms with Crippen molar-refractivity contribution in [2.45, 2.75) is 6.92 Å². The van der Waals surface area contributed by atoms with Gasteiger partial charge in [-0.2, -0.15) is 9.72 Å². The molecule has 0 radical (unpaired) electrons. The molecule has 1 heterocycles. The molecule has 0 aliphatic rings. The van der Waals surface area contributed by atoms with Crippen LogP contribution >= 0.6 is 0 Å². The van der Waals surface area contributed by atoms with Crippen LogP contribution in [0.4, 0.5) is 10.5 Å². The van der Waals surface area contributed by atoms with Crippen molar-refractivity contribution >= 4 is 11.7 Å². The van der Waals surface area contributed by atoms with Crippen LogP contribution in [0.5, 0.6) is 5.88 Å². The molecule has 2 N–H and O–H groups in total. The molecule has 0 fully saturated rings. The number of nitrogens with one attached hydrogen (secondary N) is 1. The van der Waals surface area contributed by atoms with E-state index in [1.807, 2.05) is 18.2 Å². The van der Waals surface area contributed by atoms with E-state index in [-0.39, 0.29) is 5.88 Å². The fourth-order valence-corrected chi connectivity index (χ4v) is 1.58. The maximum atomic E-state index is 11.7. The molecule has 0 bridgehead atoms. The number of aromatic nitrogens is 1. The van der Waals surface area contributed by atoms with Crippen LogP contribution in [0.2, 0.25) is 0 Å². The smallest absolute Gasteiger partial charge is 0.345 e. The lowest BCUT2D eigenvalue weighted by molar-refractivity contribution is 0.140. The Morgan fingerprint density at radius 3 is 2.80 bits per heavy atom. The molecule has 0 spiro atoms. The quantitative estimate of drug-likeness (QED) is 0.842. The predicted molar refractivity (Wildman–Crippen MR) is 73.8 cm³/mol. The van der Waals surface area contributed by atoms with Crippen LogP contribution in [0.25, 0.3) is 0 Å². The molecule has 1 aromatic heterocycles. The summed E-state index contributed by atoms with van der Waals surface area (Å²) >= 11 is 0. The first-order valence-electron chi connectivity index (χ1n) is 6.14. The molecular weight excluding hydrogens is 258 g/mol. The molecule has 2 rings (SSSR count). The summed E-state index contributed by atoms with van der Waals surface area (Å²) in [6.45, 7) is 2.20. The van der Waals surface area contributed by atoms with Crippen molar-refractivity contribution in [2.75, 3.05) is 11.9 Å². The van der Waals surface area contributed by atoms with Crippen molar-refractivity contribution in [3.63, 3.8) is 0 Å². The number of pyridine rings is 1. The second-order valence-electron chi connectivity index (χ2n) is 3.91. The zero-order chi connectivity index (χ0) is 14.4. The normalized spacial score (nSPS) is 11.2. The van der Waals surface area contributed by atoms with E-state index in [0.29, 0.717) is 17.7 Å². The standard InChI is InChI=1S/C14H15N3O3/c1-2-20-13-10-12(8-9-17(13)19)16-14(18)15-11-6-4-3-5-7-11/h3-10,19H,2H2,1H3,(H,15,18)/b16-12+. The number of carbonyl (C=O) groups excluding carboxylic acids is 1. The molecule has 2 aromatic rings. The third-order valence-electron chi connectivity index (χ3n) is 2.43. The third-order valence-corrected chi connectivity index (χ3v) is 2.43. The zero-order valence-corrected chi connectivity index (χ0v) is 11.0. The number of benzene rings is 1. The van der Waals surface area contributed by atoms with Gasteiger partial charge >= 0.3 is 6.03 Å². The molecule has 2 amide bonds. The van der Waals surface area contributed by atoms with Gasteiger partial charge in [0.1, 0.15) is 0 Å². The molecule has 0 saturated heterocycles. The van der Waals surface area contributed by atoms with Crippen molar-refractivity contribution < 1.29 is 14.7 Å². The summed E-state index contributed by atoms with van der Waals surface area (Å²) in [4.78, 5) is 15.6. The molecule has 0 atom stereocenters. The number of rotatable bonds is 3. The average molecular weight is 273 g/mol. The second-order valence-corrected chi connectivity index (χ2v) is 3.91. The molecule has 6 heteroatoms. The van der Waals surface area contributed by atoms with E-state index in [0.717, 1.165) is 4.73 Å². The van der Waals surface area contributed by atoms with Gasteiger partial charge in [-0.1, -0.05) is 18.2 Å². The number of amides is 2. The molecule has 1 aromatic carbocycles. The van der Waals surface area contributed by atoms with Gasteiger partial charge in [0.2, 0.25) is 5.88 Å². The largest absolute Gasteiger partial charge is 0.477 e. The topological polar surface area (TPSA) is 75.8 Å². The fourth-order valence-electron chi connectivity index (χ4n) is 1.58. The van der Waals surface area contributed by atoms with Gasteiger partial charge in [-0.15, -0.1) is 0 Å². The van der Waals surface area contributed by atoms with Crippen LogP contribution in [0.15, 0.2) is 53.7 Å². The highest BCUT2D eigenvalue weighted by Crippen LogP contribution is 2.06. The van der Waals surface area contributed by atoms with Crippen LogP contribution < -0.4 is 15.4 Å². The lowest BCUT2D eigenvalue weighted by atomic mass is 10.3. The Morgan fingerprint density at radius 2 is 2.10 bits per heavy atom. The number of ether oxygens (including phenoxy) is 1. The third kappa shape index (κ3) is 3.61. The maximum Gasteiger partial charge on any atom is 0.345 e. The molecule has 104 valence electrons. The van der Waals surface area contributed by atoms with E-state index >= 15 is 0 Å². The monoisotopic (exact) mass is 273 g/mol. The summed E-state index contributed by atoms with van der Waals surface area (Å²) in [5.41, 5.74) is 0.666. The van der Waals surface area contributed by atoms with Gasteiger partial charge in [-0.25, -0.2) is 4.79 Å². The predicted octanol–water partition coefficient (Wildman–Crippen LogP) is 2.26. The Morgan fingerprint density at radius 1 is 1.35 bits per heavy atom. The van der Waals surface area contributed by atoms with Gasteiger partial charge in [0.15, 0.2) is 0 Å². The Balaban J connectivity index is 2.18. The Kier molecular flexibility index (Phi) is 4.39. The van der Waals surface area contributed by atoms with E-state index in [1.54, 1.807) is 19.1 Å². The number of para-hydroxylation sites is 1. The molecule has 0 aliphatic heterocycles. The Labute approximate surface area is 115 Å². The molecular formula is C14H15N3O3. The van der Waals surface area contributed by atoms with Crippen LogP contribution in [0, 0.1) is 0 Å². The van der Waals surface area contributed by atoms with Gasteiger partial charge in [0.05, 0.1) is 12.0 Å². The van der Waals surface area contributed by atoms with Crippen LogP contribution in [0.1, 0.15) is 6.92 Å². The zero-order valence-electron chi connectivity index (χ0n) is 11.0. The van der Waals surface area contributed by atoms with E-state index in [4.69, 9.17) is 4.74 Å². The van der Waals surface area contributed by atoms with Gasteiger partial charge in [0.25, 0.3) is 0 Å². The highest BCUT2D eigenvalue weighted by Gasteiger charge is 2.01. The first kappa shape index (κ1) is 13.7. The Hall–Kier alpha value is -2.76. The molecule has 0 saturated carbocycles. The Bertz CT molecular complexity index is 650. The minimum absolute atomic E-state index is 0.223. The van der Waals surface area contributed by atoms with Gasteiger partial charge in [-0.3, -0.25) is 0 Å². The minimum atomic E-state index is -0.491. The molecule has 6 nitrogen and oxygen atoms in total. The highest BCUT2D eigenvalue weighted by molar-refractivity contribution is 5.89. The maximum absolute atomic E-state index is 11.7. The molecule has 0 unspecified atom stereocenters. The molecule has 0 aliphatic carbocycles. The van der Waals surface area contributed by atoms with E-state index in [2.05, 4.69) is 10.3 Å². The van der Waals surface area contributed by atoms with E-state index in [1.165, 1.54) is 18.3 Å². The van der Waals surface area contributed by atoms with Crippen LogP contribution in [-0.2, 0) is 0 Å². The average Bonchev–Trinajstić information content (AvgIpc) is 2.44. The minimum Gasteiger partial charge on any atom is -0.477 e. The van der Waals surface area contributed by atoms with Crippen LogP contribution in [0.3, 0.4) is 0 Å². The first-order chi connectivity index (χ1) is 9.69. The summed E-state index contributed by atoms with van der Waals surface area (Å²) < 4.78 is 6.03. The number of hydrogen-bond acceptors (Lipinski definition) is 3. The fraction of sp³-hybridized carbons (Fsp3) is 0.143. The highest BCUT2D eigenvalue weighted by atomic mass is 16.5. The summed E-state index contributed by atoms with van der Waals surface area (Å²) in [6, 6.07) is 11.5. The van der Waals surface area contributed by atoms with Gasteiger partial charge in [0, 0.05) is 18.0 Å². The second kappa shape index (κ2) is 6.42. The van der Waals surface area contributed by atoms with Crippen molar-refractivity contribution in [3.05, 3.63) is 54.0 Å². The van der Waals surface area contributed by atoms with Gasteiger partial charge < -0.3 is 15.3 Å². The lowest BCUT2D eigenvalue weighted by Crippen LogP contribution is -2.14. The van der Waals surface area contributed by atoms with Crippen molar-refractivity contribution in [1.82, 2.24) is 4.73 Å². The van der Waals surface area contributed by atoms with E-state index in [9.17, 15) is 10.0 Å².